The van der Waals surface area contributed by atoms with Crippen molar-refractivity contribution < 1.29 is 19.7 Å². The summed E-state index contributed by atoms with van der Waals surface area (Å²) in [6.07, 6.45) is -0.384. The van der Waals surface area contributed by atoms with Gasteiger partial charge in [-0.2, -0.15) is 0 Å². The van der Waals surface area contributed by atoms with Gasteiger partial charge in [0.15, 0.2) is 0 Å². The summed E-state index contributed by atoms with van der Waals surface area (Å²) in [5.41, 5.74) is 5.48. The summed E-state index contributed by atoms with van der Waals surface area (Å²) in [6.45, 7) is 1.88. The van der Waals surface area contributed by atoms with Crippen molar-refractivity contribution >= 4 is 11.8 Å². The van der Waals surface area contributed by atoms with Gasteiger partial charge in [0.2, 0.25) is 0 Å². The monoisotopic (exact) mass is 241 g/mol. The maximum Gasteiger partial charge on any atom is 0.308 e. The van der Waals surface area contributed by atoms with E-state index >= 15 is 0 Å². The Morgan fingerprint density at radius 1 is 1.47 bits per heavy atom. The van der Waals surface area contributed by atoms with Crippen molar-refractivity contribution in [2.45, 2.75) is 25.6 Å². The molecule has 1 aromatic rings. The number of hydrogen-bond donors (Lipinski definition) is 3. The maximum atomic E-state index is 11.1. The molecule has 1 heterocycles. The molecule has 4 N–H and O–H groups in total. The van der Waals surface area contributed by atoms with Crippen LogP contribution in [0, 0.1) is 0 Å². The third-order valence-electron chi connectivity index (χ3n) is 2.04. The first-order valence-electron chi connectivity index (χ1n) is 5.13. The van der Waals surface area contributed by atoms with E-state index in [0.29, 0.717) is 0 Å². The standard InChI is InChI=1S/C10H15N3O4/c1-2-17-9(15)3-7(14)10(16)6-4-13-8(11)5-12-6/h4-5,7,10,14,16H,2-3H2,1H3,(H2,11,13). The fourth-order valence-corrected chi connectivity index (χ4v) is 1.20. The van der Waals surface area contributed by atoms with Gasteiger partial charge < -0.3 is 20.7 Å². The molecule has 94 valence electrons. The van der Waals surface area contributed by atoms with Crippen LogP contribution in [0.15, 0.2) is 12.4 Å². The second-order valence-corrected chi connectivity index (χ2v) is 3.39. The number of hydrogen-bond acceptors (Lipinski definition) is 7. The molecule has 1 aromatic heterocycles. The zero-order valence-electron chi connectivity index (χ0n) is 9.41. The molecule has 1 rings (SSSR count). The highest BCUT2D eigenvalue weighted by molar-refractivity contribution is 5.70. The van der Waals surface area contributed by atoms with Crippen LogP contribution in [0.1, 0.15) is 25.1 Å². The van der Waals surface area contributed by atoms with Gasteiger partial charge in [-0.25, -0.2) is 4.98 Å². The largest absolute Gasteiger partial charge is 0.466 e. The highest BCUT2D eigenvalue weighted by Crippen LogP contribution is 2.16. The molecule has 0 bridgehead atoms. The molecule has 0 aliphatic heterocycles. The number of aliphatic hydroxyl groups excluding tert-OH is 2. The minimum absolute atomic E-state index is 0.149. The van der Waals surface area contributed by atoms with Crippen molar-refractivity contribution in [2.24, 2.45) is 0 Å². The third kappa shape index (κ3) is 3.97. The van der Waals surface area contributed by atoms with Gasteiger partial charge in [0.25, 0.3) is 0 Å². The lowest BCUT2D eigenvalue weighted by Gasteiger charge is -2.16. The zero-order valence-corrected chi connectivity index (χ0v) is 9.41. The first-order valence-corrected chi connectivity index (χ1v) is 5.13. The van der Waals surface area contributed by atoms with E-state index in [1.165, 1.54) is 12.4 Å². The molecular formula is C10H15N3O4. The lowest BCUT2D eigenvalue weighted by Crippen LogP contribution is -2.24. The summed E-state index contributed by atoms with van der Waals surface area (Å²) in [5.74, 6) is -0.372. The predicted octanol–water partition coefficient (Wildman–Crippen LogP) is -0.594. The molecule has 0 saturated heterocycles. The number of anilines is 1. The number of aromatic nitrogens is 2. The molecule has 17 heavy (non-hydrogen) atoms. The van der Waals surface area contributed by atoms with Gasteiger partial charge in [-0.3, -0.25) is 9.78 Å². The number of nitrogens with two attached hydrogens (primary N) is 1. The maximum absolute atomic E-state index is 11.1. The second-order valence-electron chi connectivity index (χ2n) is 3.39. The Labute approximate surface area is 98.3 Å². The van der Waals surface area contributed by atoms with E-state index in [0.717, 1.165) is 0 Å². The number of nitrogens with zero attached hydrogens (tertiary/aromatic N) is 2. The summed E-state index contributed by atoms with van der Waals surface area (Å²) in [5, 5.41) is 19.3. The Morgan fingerprint density at radius 3 is 2.71 bits per heavy atom. The summed E-state index contributed by atoms with van der Waals surface area (Å²) < 4.78 is 4.65. The number of aliphatic hydroxyl groups is 2. The molecule has 0 aliphatic carbocycles. The topological polar surface area (TPSA) is 119 Å². The normalized spacial score (nSPS) is 14.1. The number of esters is 1. The van der Waals surface area contributed by atoms with Gasteiger partial charge in [-0.05, 0) is 6.92 Å². The Kier molecular flexibility index (Phi) is 4.80. The van der Waals surface area contributed by atoms with Crippen LogP contribution in [-0.2, 0) is 9.53 Å². The Balaban J connectivity index is 2.60. The third-order valence-corrected chi connectivity index (χ3v) is 2.04. The molecule has 2 unspecified atom stereocenters. The molecule has 0 amide bonds. The van der Waals surface area contributed by atoms with Crippen LogP contribution in [0.3, 0.4) is 0 Å². The van der Waals surface area contributed by atoms with Gasteiger partial charge in [0.1, 0.15) is 11.9 Å². The van der Waals surface area contributed by atoms with Crippen LogP contribution in [-0.4, -0.2) is 38.9 Å². The molecule has 7 nitrogen and oxygen atoms in total. The zero-order chi connectivity index (χ0) is 12.8. The van der Waals surface area contributed by atoms with Crippen molar-refractivity contribution in [2.75, 3.05) is 12.3 Å². The van der Waals surface area contributed by atoms with E-state index in [-0.39, 0.29) is 24.5 Å². The van der Waals surface area contributed by atoms with E-state index < -0.39 is 18.2 Å². The average Bonchev–Trinajstić information content (AvgIpc) is 2.29. The molecule has 0 aromatic carbocycles. The Morgan fingerprint density at radius 2 is 2.18 bits per heavy atom. The average molecular weight is 241 g/mol. The van der Waals surface area contributed by atoms with Gasteiger partial charge in [-0.1, -0.05) is 0 Å². The number of ether oxygens (including phenoxy) is 1. The molecule has 7 heteroatoms. The Hall–Kier alpha value is -1.73. The van der Waals surface area contributed by atoms with E-state index in [2.05, 4.69) is 14.7 Å². The lowest BCUT2D eigenvalue weighted by molar-refractivity contribution is -0.147. The fourth-order valence-electron chi connectivity index (χ4n) is 1.20. The first kappa shape index (κ1) is 13.3. The molecule has 0 aliphatic rings. The molecular weight excluding hydrogens is 226 g/mol. The number of carbonyl (C=O) groups is 1. The smallest absolute Gasteiger partial charge is 0.308 e. The van der Waals surface area contributed by atoms with Crippen molar-refractivity contribution in [1.29, 1.82) is 0 Å². The molecule has 0 radical (unpaired) electrons. The Bertz CT molecular complexity index is 368. The van der Waals surface area contributed by atoms with Crippen LogP contribution in [0.5, 0.6) is 0 Å². The van der Waals surface area contributed by atoms with Crippen LogP contribution < -0.4 is 5.73 Å². The van der Waals surface area contributed by atoms with Crippen LogP contribution in [0.4, 0.5) is 5.82 Å². The van der Waals surface area contributed by atoms with Crippen LogP contribution in [0.2, 0.25) is 0 Å². The second kappa shape index (κ2) is 6.12. The van der Waals surface area contributed by atoms with Crippen molar-refractivity contribution in [3.05, 3.63) is 18.1 Å². The van der Waals surface area contributed by atoms with Crippen LogP contribution >= 0.6 is 0 Å². The molecule has 0 spiro atoms. The minimum atomic E-state index is -1.30. The molecule has 0 saturated carbocycles. The van der Waals surface area contributed by atoms with E-state index in [1.54, 1.807) is 6.92 Å². The van der Waals surface area contributed by atoms with E-state index in [4.69, 9.17) is 5.73 Å². The lowest BCUT2D eigenvalue weighted by atomic mass is 10.1. The highest BCUT2D eigenvalue weighted by atomic mass is 16.5. The van der Waals surface area contributed by atoms with Crippen molar-refractivity contribution in [3.63, 3.8) is 0 Å². The highest BCUT2D eigenvalue weighted by Gasteiger charge is 2.23. The first-order chi connectivity index (χ1) is 8.04. The van der Waals surface area contributed by atoms with E-state index in [1.807, 2.05) is 0 Å². The van der Waals surface area contributed by atoms with Gasteiger partial charge in [0, 0.05) is 0 Å². The predicted molar refractivity (Wildman–Crippen MR) is 58.7 cm³/mol. The summed E-state index contributed by atoms with van der Waals surface area (Å²) in [4.78, 5) is 18.6. The molecule has 2 atom stereocenters. The number of carbonyl (C=O) groups excluding carboxylic acids is 1. The SMILES string of the molecule is CCOC(=O)CC(O)C(O)c1cnc(N)cn1. The summed E-state index contributed by atoms with van der Waals surface area (Å²) >= 11 is 0. The summed E-state index contributed by atoms with van der Waals surface area (Å²) in [6, 6.07) is 0. The van der Waals surface area contributed by atoms with Gasteiger partial charge in [0.05, 0.1) is 37.2 Å². The molecule has 0 fully saturated rings. The minimum Gasteiger partial charge on any atom is -0.466 e. The van der Waals surface area contributed by atoms with Gasteiger partial charge >= 0.3 is 5.97 Å². The number of nitrogen functional groups attached to an aromatic ring is 1. The number of rotatable bonds is 5. The van der Waals surface area contributed by atoms with Gasteiger partial charge in [-0.15, -0.1) is 0 Å². The van der Waals surface area contributed by atoms with Crippen molar-refractivity contribution in [3.8, 4) is 0 Å². The van der Waals surface area contributed by atoms with Crippen LogP contribution in [0.25, 0.3) is 0 Å². The summed E-state index contributed by atoms with van der Waals surface area (Å²) in [7, 11) is 0. The van der Waals surface area contributed by atoms with Crippen molar-refractivity contribution in [1.82, 2.24) is 9.97 Å². The fraction of sp³-hybridized carbons (Fsp3) is 0.500. The van der Waals surface area contributed by atoms with E-state index in [9.17, 15) is 15.0 Å². The quantitative estimate of drug-likeness (QED) is 0.589.